The van der Waals surface area contributed by atoms with E-state index in [1.54, 1.807) is 0 Å². The first-order chi connectivity index (χ1) is 6.24. The molecule has 0 aromatic rings. The minimum Gasteiger partial charge on any atom is -0.292 e. The Morgan fingerprint density at radius 1 is 1.85 bits per heavy atom. The average Bonchev–Trinajstić information content (AvgIpc) is 2.15. The lowest BCUT2D eigenvalue weighted by Gasteiger charge is -2.15. The number of rotatable bonds is 3. The zero-order valence-corrected chi connectivity index (χ0v) is 7.74. The molecule has 0 saturated carbocycles. The van der Waals surface area contributed by atoms with Crippen molar-refractivity contribution in [2.45, 2.75) is 19.8 Å². The summed E-state index contributed by atoms with van der Waals surface area (Å²) in [5.74, 6) is 0.849. The van der Waals surface area contributed by atoms with Gasteiger partial charge in [0.2, 0.25) is 5.17 Å². The monoisotopic (exact) mass is 207 g/mol. The van der Waals surface area contributed by atoms with Crippen LogP contribution < -0.4 is 5.48 Å². The topological polar surface area (TPSA) is 86.0 Å². The van der Waals surface area contributed by atoms with E-state index in [1.807, 2.05) is 6.92 Å². The van der Waals surface area contributed by atoms with Gasteiger partial charge in [-0.3, -0.25) is 15.0 Å². The van der Waals surface area contributed by atoms with Crippen molar-refractivity contribution < 1.29 is 14.6 Å². The fraction of sp³-hybridized carbons (Fsp3) is 0.800. The number of amidine groups is 1. The van der Waals surface area contributed by atoms with E-state index in [9.17, 15) is 10.1 Å². The van der Waals surface area contributed by atoms with E-state index >= 15 is 0 Å². The Bertz CT molecular complexity index is 222. The Morgan fingerprint density at radius 3 is 3.08 bits per heavy atom. The summed E-state index contributed by atoms with van der Waals surface area (Å²) < 4.78 is 0. The fourth-order valence-corrected chi connectivity index (χ4v) is 1.17. The third-order valence-corrected chi connectivity index (χ3v) is 2.13. The second-order valence-electron chi connectivity index (χ2n) is 2.16. The number of hydrogen-bond acceptors (Lipinski definition) is 7. The van der Waals surface area contributed by atoms with Crippen LogP contribution in [-0.2, 0) is 9.68 Å². The second kappa shape index (κ2) is 4.87. The van der Waals surface area contributed by atoms with Crippen LogP contribution in [0.4, 0.5) is 0 Å². The first-order valence-corrected chi connectivity index (χ1v) is 4.64. The van der Waals surface area contributed by atoms with Crippen molar-refractivity contribution in [2.75, 3.05) is 5.75 Å². The molecule has 0 spiro atoms. The Labute approximate surface area is 78.5 Å². The van der Waals surface area contributed by atoms with Crippen molar-refractivity contribution in [3.05, 3.63) is 10.1 Å². The highest BCUT2D eigenvalue weighted by Gasteiger charge is 2.27. The molecule has 13 heavy (non-hydrogen) atoms. The van der Waals surface area contributed by atoms with Crippen LogP contribution in [0.15, 0.2) is 5.16 Å². The predicted octanol–water partition coefficient (Wildman–Crippen LogP) is 0.512. The number of nitrogens with zero attached hydrogens (tertiary/aromatic N) is 2. The first kappa shape index (κ1) is 10.1. The number of nitro groups is 1. The van der Waals surface area contributed by atoms with Crippen LogP contribution in [0, 0.1) is 10.1 Å². The molecule has 8 heteroatoms. The van der Waals surface area contributed by atoms with Gasteiger partial charge in [0.25, 0.3) is 0 Å². The molecule has 0 aromatic carbocycles. The van der Waals surface area contributed by atoms with Gasteiger partial charge in [0, 0.05) is 5.75 Å². The maximum absolute atomic E-state index is 10.1. The normalized spacial score (nSPS) is 21.3. The van der Waals surface area contributed by atoms with Crippen molar-refractivity contribution in [2.24, 2.45) is 5.16 Å². The molecular weight excluding hydrogens is 198 g/mol. The van der Waals surface area contributed by atoms with Crippen LogP contribution in [0.25, 0.3) is 0 Å². The Balaban J connectivity index is 2.34. The van der Waals surface area contributed by atoms with Gasteiger partial charge in [-0.1, -0.05) is 18.7 Å². The molecule has 1 N–H and O–H groups in total. The summed E-state index contributed by atoms with van der Waals surface area (Å²) in [6.07, 6.45) is -0.574. The minimum atomic E-state index is -1.55. The molecule has 0 saturated heterocycles. The summed E-state index contributed by atoms with van der Waals surface area (Å²) in [5, 5.41) is 14.0. The van der Waals surface area contributed by atoms with Gasteiger partial charge >= 0.3 is 6.41 Å². The first-order valence-electron chi connectivity index (χ1n) is 3.65. The summed E-state index contributed by atoms with van der Waals surface area (Å²) in [4.78, 5) is 18.3. The van der Waals surface area contributed by atoms with E-state index in [-0.39, 0.29) is 0 Å². The Morgan fingerprint density at radius 2 is 2.62 bits per heavy atom. The lowest BCUT2D eigenvalue weighted by atomic mass is 10.6. The second-order valence-corrected chi connectivity index (χ2v) is 3.25. The highest BCUT2D eigenvalue weighted by atomic mass is 32.2. The number of hydroxylamine groups is 1. The van der Waals surface area contributed by atoms with Gasteiger partial charge < -0.3 is 0 Å². The van der Waals surface area contributed by atoms with Crippen molar-refractivity contribution in [3.8, 4) is 0 Å². The minimum absolute atomic E-state index is 0.403. The molecule has 0 fully saturated rings. The van der Waals surface area contributed by atoms with Crippen LogP contribution in [0.3, 0.4) is 0 Å². The van der Waals surface area contributed by atoms with E-state index < -0.39 is 11.3 Å². The van der Waals surface area contributed by atoms with Gasteiger partial charge in [0.05, 0.1) is 4.92 Å². The molecular formula is C5H9N3O4S. The number of oxime groups is 1. The maximum Gasteiger partial charge on any atom is 0.513 e. The van der Waals surface area contributed by atoms with Crippen LogP contribution in [0.2, 0.25) is 0 Å². The Hall–Kier alpha value is -1.02. The standard InChI is InChI=1S/C5H9N3O4S/c1-2-3-13-4-6-11-5(8(9)10)12-7-4/h5H,2-3H2,1H3,(H,6,7). The fourth-order valence-electron chi connectivity index (χ4n) is 0.570. The molecule has 1 rings (SSSR count). The molecule has 1 atom stereocenters. The van der Waals surface area contributed by atoms with Crippen LogP contribution in [-0.4, -0.2) is 22.3 Å². The molecule has 0 amide bonds. The summed E-state index contributed by atoms with van der Waals surface area (Å²) in [6, 6.07) is 0. The van der Waals surface area contributed by atoms with Crippen molar-refractivity contribution in [1.82, 2.24) is 5.48 Å². The molecule has 0 radical (unpaired) electrons. The van der Waals surface area contributed by atoms with Crippen LogP contribution in [0.5, 0.6) is 0 Å². The maximum atomic E-state index is 10.1. The van der Waals surface area contributed by atoms with Crippen LogP contribution >= 0.6 is 11.8 Å². The van der Waals surface area contributed by atoms with E-state index in [4.69, 9.17) is 0 Å². The van der Waals surface area contributed by atoms with Crippen LogP contribution in [0.1, 0.15) is 13.3 Å². The van der Waals surface area contributed by atoms with Crippen molar-refractivity contribution in [3.63, 3.8) is 0 Å². The zero-order chi connectivity index (χ0) is 9.68. The largest absolute Gasteiger partial charge is 0.513 e. The summed E-state index contributed by atoms with van der Waals surface area (Å²) in [6.45, 7) is 2.01. The van der Waals surface area contributed by atoms with Gasteiger partial charge in [-0.2, -0.15) is 4.84 Å². The predicted molar refractivity (Wildman–Crippen MR) is 46.3 cm³/mol. The molecule has 0 bridgehead atoms. The van der Waals surface area contributed by atoms with Gasteiger partial charge in [-0.15, -0.1) is 0 Å². The highest BCUT2D eigenvalue weighted by Crippen LogP contribution is 2.09. The molecule has 0 aromatic heterocycles. The molecule has 1 unspecified atom stereocenters. The smallest absolute Gasteiger partial charge is 0.292 e. The lowest BCUT2D eigenvalue weighted by molar-refractivity contribution is -0.641. The molecule has 1 aliphatic rings. The highest BCUT2D eigenvalue weighted by molar-refractivity contribution is 8.13. The SMILES string of the molecule is CCCSC1=NOC([N+](=O)[O-])ON1. The quantitative estimate of drug-likeness (QED) is 0.536. The van der Waals surface area contributed by atoms with E-state index in [2.05, 4.69) is 20.3 Å². The molecule has 74 valence electrons. The number of thioether (sulfide) groups is 1. The van der Waals surface area contributed by atoms with Gasteiger partial charge in [0.15, 0.2) is 0 Å². The third-order valence-electron chi connectivity index (χ3n) is 1.09. The van der Waals surface area contributed by atoms with Gasteiger partial charge in [0.1, 0.15) is 0 Å². The number of nitrogens with one attached hydrogen (secondary N) is 1. The third kappa shape index (κ3) is 3.07. The zero-order valence-electron chi connectivity index (χ0n) is 6.93. The van der Waals surface area contributed by atoms with E-state index in [0.717, 1.165) is 12.2 Å². The summed E-state index contributed by atoms with van der Waals surface area (Å²) in [5.41, 5.74) is 2.33. The average molecular weight is 207 g/mol. The van der Waals surface area contributed by atoms with Gasteiger partial charge in [-0.25, -0.2) is 5.48 Å². The molecule has 0 aliphatic carbocycles. The molecule has 1 heterocycles. The summed E-state index contributed by atoms with van der Waals surface area (Å²) in [7, 11) is 0. The molecule has 7 nitrogen and oxygen atoms in total. The summed E-state index contributed by atoms with van der Waals surface area (Å²) >= 11 is 1.38. The van der Waals surface area contributed by atoms with E-state index in [0.29, 0.717) is 5.17 Å². The van der Waals surface area contributed by atoms with Crippen molar-refractivity contribution >= 4 is 16.9 Å². The molecule has 1 aliphatic heterocycles. The van der Waals surface area contributed by atoms with E-state index in [1.165, 1.54) is 11.8 Å². The Kier molecular flexibility index (Phi) is 3.77. The number of hydrogen-bond donors (Lipinski definition) is 1. The lowest BCUT2D eigenvalue weighted by Crippen LogP contribution is -2.38. The van der Waals surface area contributed by atoms with Gasteiger partial charge in [-0.05, 0) is 11.6 Å². The van der Waals surface area contributed by atoms with Crippen molar-refractivity contribution in [1.29, 1.82) is 0 Å².